The number of fused-ring (bicyclic) bond motifs is 3. The standard InChI is InChI=1S/C56H87NO16/c1-33-17-13-12-14-18-34(2)46(69-10)29-42-21-20-39(7)56(67,73-42)51(63)52(64)57-24-16-15-19-43(57)53(65)71-47(30-44(60)35(3)26-38(6)49(62)50(70-11)48(61)37(5)25-33)36(4)27-40-28-41(68-9)22-23-45(40)72-54(66)55(8,31-58)32-59/h12-14,17-18,26,33,35-37,39-43,45-47,49-50,58-59,62,67H,15-16,19-25,27-32H2,1-11H3/b14-12+,17-13-,34-18+,38-26+/t33-,35-,36-,37+,39-,40+,41+,42+,43?,45?,46+,47+,49-,50+,56-/m1/s1. The van der Waals surface area contributed by atoms with Crippen molar-refractivity contribution in [3.8, 4) is 0 Å². The zero-order valence-corrected chi connectivity index (χ0v) is 45.3. The van der Waals surface area contributed by atoms with E-state index in [0.717, 1.165) is 10.5 Å². The molecule has 0 aromatic carbocycles. The van der Waals surface area contributed by atoms with Crippen molar-refractivity contribution in [3.05, 3.63) is 47.6 Å². The molecule has 3 aliphatic heterocycles. The van der Waals surface area contributed by atoms with Gasteiger partial charge in [-0.1, -0.05) is 71.1 Å². The highest BCUT2D eigenvalue weighted by Gasteiger charge is 2.53. The second-order valence-electron chi connectivity index (χ2n) is 21.8. The molecule has 1 amide bonds. The first-order valence-corrected chi connectivity index (χ1v) is 26.4. The van der Waals surface area contributed by atoms with Crippen molar-refractivity contribution in [2.45, 2.75) is 187 Å². The molecule has 17 heteroatoms. The normalized spacial score (nSPS) is 37.4. The summed E-state index contributed by atoms with van der Waals surface area (Å²) in [6, 6.07) is -1.24. The Hall–Kier alpha value is -3.94. The molecule has 2 bridgehead atoms. The lowest BCUT2D eigenvalue weighted by Gasteiger charge is -2.43. The summed E-state index contributed by atoms with van der Waals surface area (Å²) in [6.07, 6.45) is 9.54. The van der Waals surface area contributed by atoms with Gasteiger partial charge in [-0.05, 0) is 114 Å². The van der Waals surface area contributed by atoms with E-state index >= 15 is 0 Å². The van der Waals surface area contributed by atoms with E-state index in [1.54, 1.807) is 48.0 Å². The number of carbonyl (C=O) groups excluding carboxylic acids is 6. The molecule has 1 aliphatic carbocycles. The predicted octanol–water partition coefficient (Wildman–Crippen LogP) is 5.72. The second kappa shape index (κ2) is 28.3. The van der Waals surface area contributed by atoms with Gasteiger partial charge in [-0.3, -0.25) is 24.0 Å². The molecule has 3 fully saturated rings. The number of ketones is 3. The van der Waals surface area contributed by atoms with E-state index < -0.39 is 114 Å². The number of piperidine rings is 1. The highest BCUT2D eigenvalue weighted by atomic mass is 16.6. The van der Waals surface area contributed by atoms with E-state index in [4.69, 9.17) is 28.4 Å². The van der Waals surface area contributed by atoms with Crippen LogP contribution in [0.25, 0.3) is 0 Å². The van der Waals surface area contributed by atoms with Gasteiger partial charge in [0.25, 0.3) is 11.7 Å². The van der Waals surface area contributed by atoms with Gasteiger partial charge in [0.2, 0.25) is 5.79 Å². The smallest absolute Gasteiger partial charge is 0.329 e. The third-order valence-corrected chi connectivity index (χ3v) is 15.9. The van der Waals surface area contributed by atoms with Gasteiger partial charge in [0.15, 0.2) is 5.78 Å². The summed E-state index contributed by atoms with van der Waals surface area (Å²) in [7, 11) is 4.50. The quantitative estimate of drug-likeness (QED) is 0.116. The maximum atomic E-state index is 14.6. The minimum atomic E-state index is -2.49. The van der Waals surface area contributed by atoms with Crippen LogP contribution >= 0.6 is 0 Å². The van der Waals surface area contributed by atoms with Crippen LogP contribution in [0, 0.1) is 40.9 Å². The highest BCUT2D eigenvalue weighted by molar-refractivity contribution is 6.39. The molecular formula is C56H87NO16. The van der Waals surface area contributed by atoms with Crippen molar-refractivity contribution in [2.75, 3.05) is 41.1 Å². The molecule has 0 radical (unpaired) electrons. The Kier molecular flexibility index (Phi) is 23.9. The SMILES string of the molecule is CO[C@H]1CCC(OC(=O)C(C)(CO)CO)[C@@H](C[C@@H](C)[C@@H]2CC(=O)[C@H](C)/C=C(\C)[C@@H](O)[C@@H](OC)C(=O)[C@@H](C)C[C@H](C)\C=C/C=C/C=C(\C)[C@@H](OC)C[C@@H]3CC[C@@H](C)[C@@](O)(O3)C(=O)C(=O)N3CCCCC3C(=O)O2)C1. The number of nitrogens with zero attached hydrogens (tertiary/aromatic N) is 1. The Morgan fingerprint density at radius 1 is 0.877 bits per heavy atom. The molecule has 0 spiro atoms. The van der Waals surface area contributed by atoms with Crippen LogP contribution in [0.3, 0.4) is 0 Å². The number of cyclic esters (lactones) is 1. The number of carbonyl (C=O) groups is 6. The van der Waals surface area contributed by atoms with Crippen LogP contribution < -0.4 is 0 Å². The summed E-state index contributed by atoms with van der Waals surface area (Å²) < 4.78 is 35.6. The summed E-state index contributed by atoms with van der Waals surface area (Å²) in [5.41, 5.74) is -0.361. The number of methoxy groups -OCH3 is 3. The van der Waals surface area contributed by atoms with Crippen molar-refractivity contribution in [1.29, 1.82) is 0 Å². The topological polar surface area (TPSA) is 242 Å². The summed E-state index contributed by atoms with van der Waals surface area (Å²) in [6.45, 7) is 12.5. The molecule has 17 nitrogen and oxygen atoms in total. The Morgan fingerprint density at radius 2 is 1.58 bits per heavy atom. The molecule has 4 aliphatic rings. The number of Topliss-reactive ketones (excluding diaryl/α,β-unsaturated/α-hetero) is 3. The van der Waals surface area contributed by atoms with Gasteiger partial charge < -0.3 is 53.7 Å². The Morgan fingerprint density at radius 3 is 2.22 bits per heavy atom. The van der Waals surface area contributed by atoms with Crippen molar-refractivity contribution < 1.29 is 77.6 Å². The maximum Gasteiger partial charge on any atom is 0.329 e. The van der Waals surface area contributed by atoms with E-state index in [1.807, 2.05) is 51.2 Å². The monoisotopic (exact) mass is 1030 g/mol. The molecule has 0 aromatic rings. The number of aliphatic hydroxyl groups is 4. The minimum absolute atomic E-state index is 0.0153. The van der Waals surface area contributed by atoms with Gasteiger partial charge >= 0.3 is 11.9 Å². The average molecular weight is 1030 g/mol. The van der Waals surface area contributed by atoms with Crippen LogP contribution in [0.1, 0.15) is 132 Å². The van der Waals surface area contributed by atoms with Crippen molar-refractivity contribution >= 4 is 35.2 Å². The van der Waals surface area contributed by atoms with Crippen LogP contribution in [-0.4, -0.2) is 156 Å². The fourth-order valence-electron chi connectivity index (χ4n) is 10.7. The molecule has 2 unspecified atom stereocenters. The van der Waals surface area contributed by atoms with Gasteiger partial charge in [0.1, 0.15) is 41.7 Å². The fourth-order valence-corrected chi connectivity index (χ4v) is 10.7. The number of esters is 2. The van der Waals surface area contributed by atoms with Crippen LogP contribution in [0.4, 0.5) is 0 Å². The predicted molar refractivity (Wildman–Crippen MR) is 271 cm³/mol. The summed E-state index contributed by atoms with van der Waals surface area (Å²) in [5.74, 6) is -10.1. The molecular weight excluding hydrogens is 943 g/mol. The van der Waals surface area contributed by atoms with Crippen LogP contribution in [0.5, 0.6) is 0 Å². The first kappa shape index (κ1) is 61.6. The molecule has 4 N–H and O–H groups in total. The first-order valence-electron chi connectivity index (χ1n) is 26.4. The Bertz CT molecular complexity index is 2010. The second-order valence-corrected chi connectivity index (χ2v) is 21.8. The van der Waals surface area contributed by atoms with Crippen molar-refractivity contribution in [1.82, 2.24) is 4.90 Å². The molecule has 3 heterocycles. The van der Waals surface area contributed by atoms with Crippen LogP contribution in [-0.2, 0) is 57.2 Å². The Balaban J connectivity index is 1.75. The highest BCUT2D eigenvalue weighted by Crippen LogP contribution is 2.39. The van der Waals surface area contributed by atoms with E-state index in [1.165, 1.54) is 14.0 Å². The molecule has 73 heavy (non-hydrogen) atoms. The van der Waals surface area contributed by atoms with Gasteiger partial charge in [0, 0.05) is 58.5 Å². The van der Waals surface area contributed by atoms with Crippen LogP contribution in [0.2, 0.25) is 0 Å². The number of allylic oxidation sites excluding steroid dienone is 6. The van der Waals surface area contributed by atoms with E-state index in [-0.39, 0.29) is 61.7 Å². The molecule has 0 aromatic heterocycles. The molecule has 2 saturated heterocycles. The summed E-state index contributed by atoms with van der Waals surface area (Å²) in [4.78, 5) is 86.0. The number of rotatable bonds is 10. The number of hydrogen-bond acceptors (Lipinski definition) is 16. The molecule has 1 saturated carbocycles. The van der Waals surface area contributed by atoms with Gasteiger partial charge in [-0.25, -0.2) is 4.79 Å². The number of ether oxygens (including phenoxy) is 6. The lowest BCUT2D eigenvalue weighted by atomic mass is 9.77. The summed E-state index contributed by atoms with van der Waals surface area (Å²) in [5, 5.41) is 43.5. The molecule has 15 atom stereocenters. The minimum Gasteiger partial charge on any atom is -0.462 e. The van der Waals surface area contributed by atoms with Crippen molar-refractivity contribution in [3.63, 3.8) is 0 Å². The van der Waals surface area contributed by atoms with E-state index in [0.29, 0.717) is 56.9 Å². The number of amides is 1. The first-order chi connectivity index (χ1) is 34.5. The fraction of sp³-hybridized carbons (Fsp3) is 0.750. The zero-order valence-electron chi connectivity index (χ0n) is 45.3. The van der Waals surface area contributed by atoms with Gasteiger partial charge in [0.05, 0.1) is 31.5 Å². The summed E-state index contributed by atoms with van der Waals surface area (Å²) >= 11 is 0. The van der Waals surface area contributed by atoms with Gasteiger partial charge in [-0.2, -0.15) is 0 Å². The lowest BCUT2D eigenvalue weighted by Crippen LogP contribution is -2.61. The number of aliphatic hydroxyl groups excluding tert-OH is 3. The average Bonchev–Trinajstić information content (AvgIpc) is 3.37. The van der Waals surface area contributed by atoms with Crippen molar-refractivity contribution in [2.24, 2.45) is 40.9 Å². The Labute approximate surface area is 433 Å². The zero-order chi connectivity index (χ0) is 54.4. The van der Waals surface area contributed by atoms with E-state index in [9.17, 15) is 49.2 Å². The molecule has 4 rings (SSSR count). The largest absolute Gasteiger partial charge is 0.462 e. The third-order valence-electron chi connectivity index (χ3n) is 15.9. The van der Waals surface area contributed by atoms with Gasteiger partial charge in [-0.15, -0.1) is 0 Å². The number of hydrogen-bond donors (Lipinski definition) is 4. The van der Waals surface area contributed by atoms with Crippen LogP contribution in [0.15, 0.2) is 47.6 Å². The lowest BCUT2D eigenvalue weighted by molar-refractivity contribution is -0.265. The van der Waals surface area contributed by atoms with E-state index in [2.05, 4.69) is 0 Å². The maximum absolute atomic E-state index is 14.6. The molecule has 412 valence electrons. The third kappa shape index (κ3) is 16.0.